The molecule has 1 rings (SSSR count). The maximum atomic E-state index is 12.0. The number of rotatable bonds is 3. The van der Waals surface area contributed by atoms with E-state index in [1.807, 2.05) is 4.90 Å². The predicted molar refractivity (Wildman–Crippen MR) is 67.8 cm³/mol. The van der Waals surface area contributed by atoms with Gasteiger partial charge in [0, 0.05) is 32.6 Å². The van der Waals surface area contributed by atoms with Crippen molar-refractivity contribution in [3.63, 3.8) is 0 Å². The molecule has 1 aliphatic rings. The van der Waals surface area contributed by atoms with E-state index in [4.69, 9.17) is 0 Å². The summed E-state index contributed by atoms with van der Waals surface area (Å²) in [6.45, 7) is 11.5. The minimum absolute atomic E-state index is 0.0492. The van der Waals surface area contributed by atoms with Crippen LogP contribution in [0.1, 0.15) is 34.1 Å². The standard InChI is InChI=1S/C13H24N2O2/c1-11(16)10-14-5-7-15(8-6-14)12(17)9-13(2,3)4/h5-10H2,1-4H3. The first kappa shape index (κ1) is 14.2. The average Bonchev–Trinajstić information content (AvgIpc) is 2.15. The third kappa shape index (κ3) is 5.31. The molecule has 0 saturated carbocycles. The van der Waals surface area contributed by atoms with Crippen molar-refractivity contribution in [2.45, 2.75) is 34.1 Å². The van der Waals surface area contributed by atoms with Gasteiger partial charge in [0.1, 0.15) is 5.78 Å². The van der Waals surface area contributed by atoms with Gasteiger partial charge >= 0.3 is 0 Å². The summed E-state index contributed by atoms with van der Waals surface area (Å²) in [5, 5.41) is 0. The summed E-state index contributed by atoms with van der Waals surface area (Å²) in [5.74, 6) is 0.430. The van der Waals surface area contributed by atoms with E-state index in [0.29, 0.717) is 13.0 Å². The lowest BCUT2D eigenvalue weighted by molar-refractivity contribution is -0.135. The number of amides is 1. The lowest BCUT2D eigenvalue weighted by atomic mass is 9.91. The van der Waals surface area contributed by atoms with E-state index in [-0.39, 0.29) is 17.1 Å². The summed E-state index contributed by atoms with van der Waals surface area (Å²) in [5.41, 5.74) is 0.0492. The molecular weight excluding hydrogens is 216 g/mol. The first-order valence-corrected chi connectivity index (χ1v) is 6.27. The Morgan fingerprint density at radius 1 is 1.06 bits per heavy atom. The van der Waals surface area contributed by atoms with Crippen LogP contribution < -0.4 is 0 Å². The molecule has 0 radical (unpaired) electrons. The van der Waals surface area contributed by atoms with Gasteiger partial charge in [0.2, 0.25) is 5.91 Å². The van der Waals surface area contributed by atoms with Crippen molar-refractivity contribution in [3.8, 4) is 0 Å². The molecule has 98 valence electrons. The second kappa shape index (κ2) is 5.63. The molecule has 4 heteroatoms. The zero-order valence-corrected chi connectivity index (χ0v) is 11.5. The number of piperazine rings is 1. The van der Waals surface area contributed by atoms with Crippen molar-refractivity contribution in [2.75, 3.05) is 32.7 Å². The van der Waals surface area contributed by atoms with E-state index in [1.54, 1.807) is 6.92 Å². The largest absolute Gasteiger partial charge is 0.340 e. The summed E-state index contributed by atoms with van der Waals surface area (Å²) < 4.78 is 0. The van der Waals surface area contributed by atoms with E-state index in [2.05, 4.69) is 25.7 Å². The molecule has 0 aromatic carbocycles. The van der Waals surface area contributed by atoms with Crippen LogP contribution in [0.15, 0.2) is 0 Å². The zero-order chi connectivity index (χ0) is 13.1. The van der Waals surface area contributed by atoms with Crippen LogP contribution in [0.5, 0.6) is 0 Å². The fourth-order valence-electron chi connectivity index (χ4n) is 2.04. The van der Waals surface area contributed by atoms with Crippen molar-refractivity contribution in [2.24, 2.45) is 5.41 Å². The van der Waals surface area contributed by atoms with E-state index in [9.17, 15) is 9.59 Å². The Kier molecular flexibility index (Phi) is 4.69. The summed E-state index contributed by atoms with van der Waals surface area (Å²) in [6.07, 6.45) is 0.597. The summed E-state index contributed by atoms with van der Waals surface area (Å²) in [4.78, 5) is 27.0. The Bertz CT molecular complexity index is 286. The van der Waals surface area contributed by atoms with Crippen molar-refractivity contribution in [1.82, 2.24) is 9.80 Å². The lowest BCUT2D eigenvalue weighted by Gasteiger charge is -2.35. The van der Waals surface area contributed by atoms with E-state index < -0.39 is 0 Å². The number of Topliss-reactive ketones (excluding diaryl/α,β-unsaturated/α-hetero) is 1. The third-order valence-corrected chi connectivity index (χ3v) is 2.85. The molecule has 1 aliphatic heterocycles. The normalized spacial score (nSPS) is 18.2. The van der Waals surface area contributed by atoms with Crippen molar-refractivity contribution in [1.29, 1.82) is 0 Å². The fourth-order valence-corrected chi connectivity index (χ4v) is 2.04. The molecule has 0 unspecified atom stereocenters. The van der Waals surface area contributed by atoms with Gasteiger partial charge in [-0.3, -0.25) is 14.5 Å². The Morgan fingerprint density at radius 2 is 1.59 bits per heavy atom. The van der Waals surface area contributed by atoms with Gasteiger partial charge in [-0.2, -0.15) is 0 Å². The highest BCUT2D eigenvalue weighted by Crippen LogP contribution is 2.20. The van der Waals surface area contributed by atoms with Crippen molar-refractivity contribution in [3.05, 3.63) is 0 Å². The molecule has 4 nitrogen and oxygen atoms in total. The maximum Gasteiger partial charge on any atom is 0.223 e. The van der Waals surface area contributed by atoms with Crippen LogP contribution in [-0.4, -0.2) is 54.2 Å². The Balaban J connectivity index is 2.36. The number of nitrogens with zero attached hydrogens (tertiary/aromatic N) is 2. The van der Waals surface area contributed by atoms with Gasteiger partial charge < -0.3 is 4.90 Å². The molecule has 17 heavy (non-hydrogen) atoms. The Labute approximate surface area is 104 Å². The molecule has 0 aliphatic carbocycles. The number of hydrogen-bond donors (Lipinski definition) is 0. The minimum Gasteiger partial charge on any atom is -0.340 e. The van der Waals surface area contributed by atoms with Crippen LogP contribution in [0, 0.1) is 5.41 Å². The summed E-state index contributed by atoms with van der Waals surface area (Å²) >= 11 is 0. The highest BCUT2D eigenvalue weighted by Gasteiger charge is 2.24. The Hall–Kier alpha value is -0.900. The van der Waals surface area contributed by atoms with Crippen molar-refractivity contribution < 1.29 is 9.59 Å². The van der Waals surface area contributed by atoms with Gasteiger partial charge in [0.25, 0.3) is 0 Å². The van der Waals surface area contributed by atoms with Gasteiger partial charge in [-0.25, -0.2) is 0 Å². The van der Waals surface area contributed by atoms with Crippen LogP contribution in [0.4, 0.5) is 0 Å². The fraction of sp³-hybridized carbons (Fsp3) is 0.846. The first-order valence-electron chi connectivity index (χ1n) is 6.27. The predicted octanol–water partition coefficient (Wildman–Crippen LogP) is 1.16. The molecule has 0 N–H and O–H groups in total. The first-order chi connectivity index (χ1) is 7.78. The highest BCUT2D eigenvalue weighted by molar-refractivity contribution is 5.78. The van der Waals surface area contributed by atoms with Gasteiger partial charge in [-0.05, 0) is 12.3 Å². The summed E-state index contributed by atoms with van der Waals surface area (Å²) in [6, 6.07) is 0. The second-order valence-corrected chi connectivity index (χ2v) is 6.10. The smallest absolute Gasteiger partial charge is 0.223 e. The third-order valence-electron chi connectivity index (χ3n) is 2.85. The molecule has 1 fully saturated rings. The molecular formula is C13H24N2O2. The number of hydrogen-bond acceptors (Lipinski definition) is 3. The lowest BCUT2D eigenvalue weighted by Crippen LogP contribution is -2.50. The Morgan fingerprint density at radius 3 is 2.00 bits per heavy atom. The van der Waals surface area contributed by atoms with Gasteiger partial charge in [-0.1, -0.05) is 20.8 Å². The maximum absolute atomic E-state index is 12.0. The highest BCUT2D eigenvalue weighted by atomic mass is 16.2. The van der Waals surface area contributed by atoms with E-state index in [1.165, 1.54) is 0 Å². The van der Waals surface area contributed by atoms with Crippen LogP contribution in [0.2, 0.25) is 0 Å². The van der Waals surface area contributed by atoms with Crippen LogP contribution in [-0.2, 0) is 9.59 Å². The molecule has 0 bridgehead atoms. The molecule has 0 atom stereocenters. The average molecular weight is 240 g/mol. The van der Waals surface area contributed by atoms with E-state index in [0.717, 1.165) is 26.2 Å². The second-order valence-electron chi connectivity index (χ2n) is 6.10. The number of carbonyl (C=O) groups is 2. The van der Waals surface area contributed by atoms with Crippen LogP contribution in [0.3, 0.4) is 0 Å². The minimum atomic E-state index is 0.0492. The molecule has 0 aromatic rings. The summed E-state index contributed by atoms with van der Waals surface area (Å²) in [7, 11) is 0. The monoisotopic (exact) mass is 240 g/mol. The molecule has 0 aromatic heterocycles. The number of carbonyl (C=O) groups excluding carboxylic acids is 2. The molecule has 1 amide bonds. The van der Waals surface area contributed by atoms with Crippen molar-refractivity contribution >= 4 is 11.7 Å². The number of ketones is 1. The molecule has 1 heterocycles. The topological polar surface area (TPSA) is 40.6 Å². The SMILES string of the molecule is CC(=O)CN1CCN(C(=O)CC(C)(C)C)CC1. The zero-order valence-electron chi connectivity index (χ0n) is 11.5. The van der Waals surface area contributed by atoms with E-state index >= 15 is 0 Å². The van der Waals surface area contributed by atoms with Crippen LogP contribution in [0.25, 0.3) is 0 Å². The van der Waals surface area contributed by atoms with Gasteiger partial charge in [0.05, 0.1) is 6.54 Å². The van der Waals surface area contributed by atoms with Crippen LogP contribution >= 0.6 is 0 Å². The molecule has 1 saturated heterocycles. The van der Waals surface area contributed by atoms with Gasteiger partial charge in [-0.15, -0.1) is 0 Å². The molecule has 0 spiro atoms. The van der Waals surface area contributed by atoms with Gasteiger partial charge in [0.15, 0.2) is 0 Å². The quantitative estimate of drug-likeness (QED) is 0.743.